The SMILES string of the molecule is CC(C)CC(NC(=O)C1(CNC(=O)OCC2c3ccccc3-c3ccccc32)CCC1)C(=O)O. The van der Waals surface area contributed by atoms with Gasteiger partial charge in [-0.15, -0.1) is 0 Å². The van der Waals surface area contributed by atoms with Gasteiger partial charge < -0.3 is 20.5 Å². The first kappa shape index (κ1) is 23.8. The second kappa shape index (κ2) is 9.87. The lowest BCUT2D eigenvalue weighted by atomic mass is 9.68. The van der Waals surface area contributed by atoms with Gasteiger partial charge in [-0.3, -0.25) is 4.79 Å². The van der Waals surface area contributed by atoms with Crippen LogP contribution in [0.3, 0.4) is 0 Å². The minimum absolute atomic E-state index is 0.0357. The van der Waals surface area contributed by atoms with Gasteiger partial charge in [-0.05, 0) is 47.4 Å². The van der Waals surface area contributed by atoms with Gasteiger partial charge in [0.05, 0.1) is 5.41 Å². The molecule has 0 aromatic heterocycles. The van der Waals surface area contributed by atoms with Gasteiger partial charge in [0.15, 0.2) is 0 Å². The van der Waals surface area contributed by atoms with E-state index in [0.717, 1.165) is 28.7 Å². The smallest absolute Gasteiger partial charge is 0.407 e. The zero-order chi connectivity index (χ0) is 24.3. The third-order valence-corrected chi connectivity index (χ3v) is 7.02. The Labute approximate surface area is 199 Å². The van der Waals surface area contributed by atoms with E-state index in [2.05, 4.69) is 34.9 Å². The summed E-state index contributed by atoms with van der Waals surface area (Å²) in [6.07, 6.45) is 1.86. The van der Waals surface area contributed by atoms with Crippen LogP contribution in [0.5, 0.6) is 0 Å². The molecule has 34 heavy (non-hydrogen) atoms. The molecule has 1 fully saturated rings. The number of carbonyl (C=O) groups is 3. The Morgan fingerprint density at radius 3 is 2.12 bits per heavy atom. The molecule has 180 valence electrons. The number of hydrogen-bond acceptors (Lipinski definition) is 4. The third kappa shape index (κ3) is 4.79. The number of aliphatic carboxylic acids is 1. The van der Waals surface area contributed by atoms with Crippen LogP contribution >= 0.6 is 0 Å². The van der Waals surface area contributed by atoms with Crippen molar-refractivity contribution >= 4 is 18.0 Å². The van der Waals surface area contributed by atoms with E-state index in [0.29, 0.717) is 19.3 Å². The molecular weight excluding hydrogens is 432 g/mol. The number of alkyl carbamates (subject to hydrolysis) is 1. The molecule has 0 spiro atoms. The zero-order valence-corrected chi connectivity index (χ0v) is 19.7. The highest BCUT2D eigenvalue weighted by molar-refractivity contribution is 5.88. The molecule has 2 aliphatic rings. The van der Waals surface area contributed by atoms with Gasteiger partial charge in [0, 0.05) is 12.5 Å². The van der Waals surface area contributed by atoms with Crippen molar-refractivity contribution in [2.24, 2.45) is 11.3 Å². The summed E-state index contributed by atoms with van der Waals surface area (Å²) < 4.78 is 5.58. The maximum atomic E-state index is 12.9. The molecule has 2 amide bonds. The summed E-state index contributed by atoms with van der Waals surface area (Å²) in [5.74, 6) is -1.25. The van der Waals surface area contributed by atoms with Crippen LogP contribution < -0.4 is 10.6 Å². The van der Waals surface area contributed by atoms with E-state index in [9.17, 15) is 19.5 Å². The van der Waals surface area contributed by atoms with E-state index in [1.807, 2.05) is 38.1 Å². The summed E-state index contributed by atoms with van der Waals surface area (Å²) in [6, 6.07) is 15.3. The molecule has 3 N–H and O–H groups in total. The number of amides is 2. The van der Waals surface area contributed by atoms with Crippen LogP contribution in [0.2, 0.25) is 0 Å². The summed E-state index contributed by atoms with van der Waals surface area (Å²) in [5.41, 5.74) is 3.81. The molecule has 2 aliphatic carbocycles. The first-order valence-corrected chi connectivity index (χ1v) is 11.9. The van der Waals surface area contributed by atoms with Gasteiger partial charge >= 0.3 is 12.1 Å². The molecule has 7 heteroatoms. The molecule has 0 aliphatic heterocycles. The van der Waals surface area contributed by atoms with Gasteiger partial charge in [-0.1, -0.05) is 68.8 Å². The molecule has 0 heterocycles. The summed E-state index contributed by atoms with van der Waals surface area (Å²) >= 11 is 0. The van der Waals surface area contributed by atoms with Gasteiger partial charge in [-0.25, -0.2) is 9.59 Å². The molecule has 2 aromatic rings. The van der Waals surface area contributed by atoms with E-state index in [1.54, 1.807) is 0 Å². The van der Waals surface area contributed by atoms with E-state index in [1.165, 1.54) is 0 Å². The minimum atomic E-state index is -1.04. The molecular formula is C27H32N2O5. The number of rotatable bonds is 9. The van der Waals surface area contributed by atoms with E-state index in [4.69, 9.17) is 4.74 Å². The van der Waals surface area contributed by atoms with Gasteiger partial charge in [-0.2, -0.15) is 0 Å². The van der Waals surface area contributed by atoms with Crippen LogP contribution in [-0.2, 0) is 14.3 Å². The second-order valence-electron chi connectivity index (χ2n) is 9.81. The average Bonchev–Trinajstić information content (AvgIpc) is 3.10. The lowest BCUT2D eigenvalue weighted by Crippen LogP contribution is -2.56. The molecule has 0 radical (unpaired) electrons. The summed E-state index contributed by atoms with van der Waals surface area (Å²) in [7, 11) is 0. The van der Waals surface area contributed by atoms with Crippen molar-refractivity contribution in [2.75, 3.05) is 13.2 Å². The van der Waals surface area contributed by atoms with Crippen molar-refractivity contribution in [1.82, 2.24) is 10.6 Å². The lowest BCUT2D eigenvalue weighted by Gasteiger charge is -2.40. The predicted octanol–water partition coefficient (Wildman–Crippen LogP) is 4.31. The van der Waals surface area contributed by atoms with Crippen molar-refractivity contribution in [3.05, 3.63) is 59.7 Å². The highest BCUT2D eigenvalue weighted by Gasteiger charge is 2.45. The number of nitrogens with one attached hydrogen (secondary N) is 2. The van der Waals surface area contributed by atoms with Crippen molar-refractivity contribution in [2.45, 2.75) is 51.5 Å². The highest BCUT2D eigenvalue weighted by atomic mass is 16.5. The number of carboxylic acids is 1. The Hall–Kier alpha value is -3.35. The minimum Gasteiger partial charge on any atom is -0.480 e. The van der Waals surface area contributed by atoms with Crippen molar-refractivity contribution in [3.63, 3.8) is 0 Å². The molecule has 1 unspecified atom stereocenters. The van der Waals surface area contributed by atoms with Crippen molar-refractivity contribution in [1.29, 1.82) is 0 Å². The Bertz CT molecular complexity index is 1030. The van der Waals surface area contributed by atoms with Crippen LogP contribution in [0.15, 0.2) is 48.5 Å². The summed E-state index contributed by atoms with van der Waals surface area (Å²) in [4.78, 5) is 37.0. The van der Waals surface area contributed by atoms with Crippen LogP contribution in [0.1, 0.15) is 56.6 Å². The number of ether oxygens (including phenoxy) is 1. The molecule has 0 saturated heterocycles. The monoisotopic (exact) mass is 464 g/mol. The lowest BCUT2D eigenvalue weighted by molar-refractivity contribution is -0.146. The Morgan fingerprint density at radius 1 is 1.03 bits per heavy atom. The molecule has 1 atom stereocenters. The van der Waals surface area contributed by atoms with Crippen LogP contribution in [0, 0.1) is 11.3 Å². The van der Waals surface area contributed by atoms with E-state index < -0.39 is 23.5 Å². The number of carboxylic acid groups (broad SMARTS) is 1. The highest BCUT2D eigenvalue weighted by Crippen LogP contribution is 2.44. The van der Waals surface area contributed by atoms with E-state index in [-0.39, 0.29) is 30.9 Å². The Balaban J connectivity index is 1.35. The topological polar surface area (TPSA) is 105 Å². The first-order valence-electron chi connectivity index (χ1n) is 11.9. The third-order valence-electron chi connectivity index (χ3n) is 7.02. The largest absolute Gasteiger partial charge is 0.480 e. The maximum absolute atomic E-state index is 12.9. The first-order chi connectivity index (χ1) is 16.3. The molecule has 2 aromatic carbocycles. The zero-order valence-electron chi connectivity index (χ0n) is 19.7. The maximum Gasteiger partial charge on any atom is 0.407 e. The molecule has 4 rings (SSSR count). The fourth-order valence-electron chi connectivity index (χ4n) is 4.98. The number of benzene rings is 2. The standard InChI is InChI=1S/C27H32N2O5/c1-17(2)14-23(24(30)31)29-25(32)27(12-7-13-27)16-28-26(33)34-15-22-20-10-5-3-8-18(20)19-9-4-6-11-21(19)22/h3-6,8-11,17,22-23H,7,12-16H2,1-2H3,(H,28,33)(H,29,32)(H,30,31). The fourth-order valence-corrected chi connectivity index (χ4v) is 4.98. The summed E-state index contributed by atoms with van der Waals surface area (Å²) in [6.45, 7) is 4.16. The normalized spacial score (nSPS) is 16.7. The molecule has 0 bridgehead atoms. The van der Waals surface area contributed by atoms with Gasteiger partial charge in [0.1, 0.15) is 12.6 Å². The van der Waals surface area contributed by atoms with E-state index >= 15 is 0 Å². The Morgan fingerprint density at radius 2 is 1.62 bits per heavy atom. The number of carbonyl (C=O) groups excluding carboxylic acids is 2. The van der Waals surface area contributed by atoms with Crippen molar-refractivity contribution in [3.8, 4) is 11.1 Å². The molecule has 7 nitrogen and oxygen atoms in total. The number of hydrogen-bond donors (Lipinski definition) is 3. The molecule has 1 saturated carbocycles. The van der Waals surface area contributed by atoms with Crippen LogP contribution in [0.25, 0.3) is 11.1 Å². The van der Waals surface area contributed by atoms with Crippen LogP contribution in [0.4, 0.5) is 4.79 Å². The van der Waals surface area contributed by atoms with Gasteiger partial charge in [0.25, 0.3) is 0 Å². The summed E-state index contributed by atoms with van der Waals surface area (Å²) in [5, 5.41) is 14.9. The fraction of sp³-hybridized carbons (Fsp3) is 0.444. The quantitative estimate of drug-likeness (QED) is 0.513. The average molecular weight is 465 g/mol. The Kier molecular flexibility index (Phi) is 6.91. The second-order valence-corrected chi connectivity index (χ2v) is 9.81. The van der Waals surface area contributed by atoms with Crippen LogP contribution in [-0.4, -0.2) is 42.3 Å². The number of fused-ring (bicyclic) bond motifs is 3. The predicted molar refractivity (Wildman–Crippen MR) is 128 cm³/mol. The van der Waals surface area contributed by atoms with Crippen molar-refractivity contribution < 1.29 is 24.2 Å². The van der Waals surface area contributed by atoms with Gasteiger partial charge in [0.2, 0.25) is 5.91 Å².